The van der Waals surface area contributed by atoms with Crippen molar-refractivity contribution < 1.29 is 13.2 Å². The zero-order chi connectivity index (χ0) is 14.4. The van der Waals surface area contributed by atoms with Gasteiger partial charge in [-0.05, 0) is 43.5 Å². The highest BCUT2D eigenvalue weighted by Gasteiger charge is 2.14. The van der Waals surface area contributed by atoms with Crippen LogP contribution < -0.4 is 10.0 Å². The summed E-state index contributed by atoms with van der Waals surface area (Å²) in [5, 5.41) is 3.30. The third kappa shape index (κ3) is 4.68. The summed E-state index contributed by atoms with van der Waals surface area (Å²) in [5.41, 5.74) is 1.57. The van der Waals surface area contributed by atoms with Crippen LogP contribution in [0.15, 0.2) is 24.3 Å². The molecule has 20 heavy (non-hydrogen) atoms. The summed E-state index contributed by atoms with van der Waals surface area (Å²) in [6.07, 6.45) is 3.13. The number of anilines is 2. The predicted octanol–water partition coefficient (Wildman–Crippen LogP) is 2.43. The van der Waals surface area contributed by atoms with E-state index in [0.29, 0.717) is 12.1 Å². The van der Waals surface area contributed by atoms with Crippen LogP contribution in [0.25, 0.3) is 0 Å². The molecule has 0 aliphatic carbocycles. The first-order valence-corrected chi connectivity index (χ1v) is 8.70. The van der Waals surface area contributed by atoms with Crippen LogP contribution in [-0.4, -0.2) is 33.4 Å². The van der Waals surface area contributed by atoms with E-state index < -0.39 is 10.0 Å². The second-order valence-electron chi connectivity index (χ2n) is 5.01. The number of hydrogen-bond acceptors (Lipinski definition) is 4. The monoisotopic (exact) mass is 298 g/mol. The van der Waals surface area contributed by atoms with Crippen molar-refractivity contribution in [1.29, 1.82) is 0 Å². The molecule has 0 aromatic heterocycles. The minimum Gasteiger partial charge on any atom is -0.382 e. The van der Waals surface area contributed by atoms with Crippen LogP contribution in [0.4, 0.5) is 11.4 Å². The topological polar surface area (TPSA) is 67.4 Å². The Morgan fingerprint density at radius 2 is 1.95 bits per heavy atom. The van der Waals surface area contributed by atoms with Gasteiger partial charge in [-0.15, -0.1) is 0 Å². The summed E-state index contributed by atoms with van der Waals surface area (Å²) in [7, 11) is -3.21. The lowest BCUT2D eigenvalue weighted by Gasteiger charge is -2.12. The summed E-state index contributed by atoms with van der Waals surface area (Å²) < 4.78 is 31.4. The molecule has 1 atom stereocenters. The van der Waals surface area contributed by atoms with E-state index in [0.717, 1.165) is 31.7 Å². The molecule has 0 radical (unpaired) electrons. The summed E-state index contributed by atoms with van der Waals surface area (Å²) in [6, 6.07) is 7.29. The van der Waals surface area contributed by atoms with Gasteiger partial charge < -0.3 is 10.1 Å². The number of sulfonamides is 1. The van der Waals surface area contributed by atoms with Crippen LogP contribution in [-0.2, 0) is 14.8 Å². The first kappa shape index (κ1) is 15.1. The van der Waals surface area contributed by atoms with Gasteiger partial charge in [-0.25, -0.2) is 8.42 Å². The second kappa shape index (κ2) is 6.95. The van der Waals surface area contributed by atoms with E-state index in [1.165, 1.54) is 0 Å². The molecule has 1 aromatic carbocycles. The van der Waals surface area contributed by atoms with Gasteiger partial charge in [-0.1, -0.05) is 6.92 Å². The Morgan fingerprint density at radius 3 is 2.55 bits per heavy atom. The van der Waals surface area contributed by atoms with Crippen molar-refractivity contribution in [3.8, 4) is 0 Å². The molecule has 112 valence electrons. The zero-order valence-corrected chi connectivity index (χ0v) is 12.6. The third-order valence-electron chi connectivity index (χ3n) is 3.19. The maximum absolute atomic E-state index is 11.6. The van der Waals surface area contributed by atoms with Gasteiger partial charge in [0.2, 0.25) is 10.0 Å². The van der Waals surface area contributed by atoms with Crippen LogP contribution >= 0.6 is 0 Å². The van der Waals surface area contributed by atoms with Gasteiger partial charge in [-0.2, -0.15) is 0 Å². The summed E-state index contributed by atoms with van der Waals surface area (Å²) >= 11 is 0. The van der Waals surface area contributed by atoms with Gasteiger partial charge in [0.1, 0.15) is 0 Å². The van der Waals surface area contributed by atoms with Crippen LogP contribution in [0.2, 0.25) is 0 Å². The molecule has 2 rings (SSSR count). The molecule has 0 saturated carbocycles. The number of hydrogen-bond donors (Lipinski definition) is 2. The molecule has 0 amide bonds. The number of benzene rings is 1. The van der Waals surface area contributed by atoms with Crippen molar-refractivity contribution in [3.63, 3.8) is 0 Å². The smallest absolute Gasteiger partial charge is 0.232 e. The first-order valence-electron chi connectivity index (χ1n) is 7.05. The summed E-state index contributed by atoms with van der Waals surface area (Å²) in [4.78, 5) is 0. The van der Waals surface area contributed by atoms with Crippen LogP contribution in [0.3, 0.4) is 0 Å². The lowest BCUT2D eigenvalue weighted by Crippen LogP contribution is -2.18. The SMILES string of the molecule is CCCS(=O)(=O)Nc1ccc(NCC2CCCO2)cc1. The minimum absolute atomic E-state index is 0.145. The highest BCUT2D eigenvalue weighted by Crippen LogP contribution is 2.17. The number of nitrogens with one attached hydrogen (secondary N) is 2. The van der Waals surface area contributed by atoms with Gasteiger partial charge in [0.25, 0.3) is 0 Å². The van der Waals surface area contributed by atoms with E-state index in [1.807, 2.05) is 19.1 Å². The third-order valence-corrected chi connectivity index (χ3v) is 4.68. The van der Waals surface area contributed by atoms with Crippen molar-refractivity contribution in [2.45, 2.75) is 32.3 Å². The molecule has 1 aromatic rings. The molecular weight excluding hydrogens is 276 g/mol. The van der Waals surface area contributed by atoms with Crippen LogP contribution in [0, 0.1) is 0 Å². The van der Waals surface area contributed by atoms with Crippen molar-refractivity contribution in [2.24, 2.45) is 0 Å². The van der Waals surface area contributed by atoms with Crippen molar-refractivity contribution in [2.75, 3.05) is 28.9 Å². The molecule has 1 fully saturated rings. The first-order chi connectivity index (χ1) is 9.59. The number of ether oxygens (including phenoxy) is 1. The van der Waals surface area contributed by atoms with Crippen molar-refractivity contribution >= 4 is 21.4 Å². The molecule has 2 N–H and O–H groups in total. The average Bonchev–Trinajstić information content (AvgIpc) is 2.90. The van der Waals surface area contributed by atoms with E-state index >= 15 is 0 Å². The lowest BCUT2D eigenvalue weighted by molar-refractivity contribution is 0.120. The molecule has 5 nitrogen and oxygen atoms in total. The van der Waals surface area contributed by atoms with Gasteiger partial charge in [0.15, 0.2) is 0 Å². The molecule has 0 spiro atoms. The Balaban J connectivity index is 1.86. The molecular formula is C14H22N2O3S. The van der Waals surface area contributed by atoms with Crippen LogP contribution in [0.1, 0.15) is 26.2 Å². The van der Waals surface area contributed by atoms with E-state index in [-0.39, 0.29) is 11.9 Å². The van der Waals surface area contributed by atoms with Gasteiger partial charge >= 0.3 is 0 Å². The Labute approximate surface area is 120 Å². The van der Waals surface area contributed by atoms with Crippen molar-refractivity contribution in [3.05, 3.63) is 24.3 Å². The van der Waals surface area contributed by atoms with Crippen LogP contribution in [0.5, 0.6) is 0 Å². The summed E-state index contributed by atoms with van der Waals surface area (Å²) in [6.45, 7) is 3.49. The molecule has 1 heterocycles. The molecule has 1 saturated heterocycles. The predicted molar refractivity (Wildman–Crippen MR) is 81.6 cm³/mol. The fourth-order valence-corrected chi connectivity index (χ4v) is 3.33. The summed E-state index contributed by atoms with van der Waals surface area (Å²) in [5.74, 6) is 0.145. The number of rotatable bonds is 7. The Kier molecular flexibility index (Phi) is 5.25. The highest BCUT2D eigenvalue weighted by molar-refractivity contribution is 7.92. The maximum atomic E-state index is 11.6. The average molecular weight is 298 g/mol. The largest absolute Gasteiger partial charge is 0.382 e. The van der Waals surface area contributed by atoms with Gasteiger partial charge in [-0.3, -0.25) is 4.72 Å². The Bertz CT molecular complexity index is 508. The zero-order valence-electron chi connectivity index (χ0n) is 11.8. The fourth-order valence-electron chi connectivity index (χ4n) is 2.19. The second-order valence-corrected chi connectivity index (χ2v) is 6.86. The molecule has 0 bridgehead atoms. The Morgan fingerprint density at radius 1 is 1.25 bits per heavy atom. The van der Waals surface area contributed by atoms with E-state index in [1.54, 1.807) is 12.1 Å². The molecule has 1 aliphatic heterocycles. The highest BCUT2D eigenvalue weighted by atomic mass is 32.2. The Hall–Kier alpha value is -1.27. The normalized spacial score (nSPS) is 18.9. The van der Waals surface area contributed by atoms with Crippen molar-refractivity contribution in [1.82, 2.24) is 0 Å². The van der Waals surface area contributed by atoms with E-state index in [4.69, 9.17) is 4.74 Å². The van der Waals surface area contributed by atoms with Gasteiger partial charge in [0, 0.05) is 24.5 Å². The van der Waals surface area contributed by atoms with E-state index in [9.17, 15) is 8.42 Å². The maximum Gasteiger partial charge on any atom is 0.232 e. The lowest BCUT2D eigenvalue weighted by atomic mass is 10.2. The molecule has 1 unspecified atom stereocenters. The molecule has 6 heteroatoms. The fraction of sp³-hybridized carbons (Fsp3) is 0.571. The molecule has 1 aliphatic rings. The van der Waals surface area contributed by atoms with Gasteiger partial charge in [0.05, 0.1) is 11.9 Å². The minimum atomic E-state index is -3.21. The quantitative estimate of drug-likeness (QED) is 0.811. The standard InChI is InChI=1S/C14H22N2O3S/c1-2-10-20(17,18)16-13-7-5-12(6-8-13)15-11-14-4-3-9-19-14/h5-8,14-16H,2-4,9-11H2,1H3. The van der Waals surface area contributed by atoms with E-state index in [2.05, 4.69) is 10.0 Å².